The van der Waals surface area contributed by atoms with Gasteiger partial charge < -0.3 is 10.1 Å². The summed E-state index contributed by atoms with van der Waals surface area (Å²) in [5.74, 6) is 0.209. The summed E-state index contributed by atoms with van der Waals surface area (Å²) >= 11 is 0. The quantitative estimate of drug-likeness (QED) is 0.587. The van der Waals surface area contributed by atoms with Crippen molar-refractivity contribution in [1.29, 1.82) is 0 Å². The summed E-state index contributed by atoms with van der Waals surface area (Å²) in [6.07, 6.45) is 6.14. The van der Waals surface area contributed by atoms with Crippen LogP contribution in [0.15, 0.2) is 67.0 Å². The molecule has 0 bridgehead atoms. The van der Waals surface area contributed by atoms with Crippen LogP contribution >= 0.6 is 0 Å². The van der Waals surface area contributed by atoms with Gasteiger partial charge in [-0.3, -0.25) is 4.98 Å². The SMILES string of the molecule is CCOC(=O)c1ccccc1Nc1cncc(-c2ccccc2)c1C1CC1. The normalized spacial score (nSPS) is 13.2. The third kappa shape index (κ3) is 3.70. The molecule has 1 aliphatic carbocycles. The minimum Gasteiger partial charge on any atom is -0.462 e. The van der Waals surface area contributed by atoms with Crippen molar-refractivity contribution in [2.75, 3.05) is 11.9 Å². The van der Waals surface area contributed by atoms with E-state index in [-0.39, 0.29) is 5.97 Å². The second-order valence-electron chi connectivity index (χ2n) is 6.68. The molecule has 4 nitrogen and oxygen atoms in total. The maximum absolute atomic E-state index is 12.3. The molecule has 1 aliphatic rings. The molecule has 0 radical (unpaired) electrons. The lowest BCUT2D eigenvalue weighted by Crippen LogP contribution is -2.08. The lowest BCUT2D eigenvalue weighted by molar-refractivity contribution is 0.0527. The van der Waals surface area contributed by atoms with Crippen LogP contribution in [0.4, 0.5) is 11.4 Å². The number of benzene rings is 2. The third-order valence-corrected chi connectivity index (χ3v) is 4.75. The Morgan fingerprint density at radius 3 is 2.52 bits per heavy atom. The number of nitrogens with one attached hydrogen (secondary N) is 1. The van der Waals surface area contributed by atoms with Crippen LogP contribution in [0, 0.1) is 0 Å². The molecule has 1 saturated carbocycles. The van der Waals surface area contributed by atoms with Crippen molar-refractivity contribution in [3.8, 4) is 11.1 Å². The van der Waals surface area contributed by atoms with Crippen molar-refractivity contribution in [1.82, 2.24) is 4.98 Å². The van der Waals surface area contributed by atoms with Crippen molar-refractivity contribution < 1.29 is 9.53 Å². The highest BCUT2D eigenvalue weighted by Crippen LogP contribution is 2.48. The first kappa shape index (κ1) is 17.3. The van der Waals surface area contributed by atoms with Crippen LogP contribution in [0.1, 0.15) is 41.6 Å². The molecule has 4 heteroatoms. The van der Waals surface area contributed by atoms with Crippen LogP contribution in [0.5, 0.6) is 0 Å². The molecular formula is C23H22N2O2. The van der Waals surface area contributed by atoms with Gasteiger partial charge in [-0.1, -0.05) is 42.5 Å². The molecule has 0 saturated heterocycles. The Kier molecular flexibility index (Phi) is 4.88. The van der Waals surface area contributed by atoms with Crippen molar-refractivity contribution in [2.24, 2.45) is 0 Å². The fourth-order valence-corrected chi connectivity index (χ4v) is 3.35. The monoisotopic (exact) mass is 358 g/mol. The number of carbonyl (C=O) groups is 1. The molecule has 0 aliphatic heterocycles. The summed E-state index contributed by atoms with van der Waals surface area (Å²) in [7, 11) is 0. The molecule has 1 fully saturated rings. The Bertz CT molecular complexity index is 950. The lowest BCUT2D eigenvalue weighted by Gasteiger charge is -2.17. The molecular weight excluding hydrogens is 336 g/mol. The Balaban J connectivity index is 1.75. The summed E-state index contributed by atoms with van der Waals surface area (Å²) in [6, 6.07) is 17.8. The molecule has 3 aromatic rings. The number of pyridine rings is 1. The Morgan fingerprint density at radius 2 is 1.78 bits per heavy atom. The number of hydrogen-bond acceptors (Lipinski definition) is 4. The first-order valence-corrected chi connectivity index (χ1v) is 9.34. The second-order valence-corrected chi connectivity index (χ2v) is 6.68. The minimum absolute atomic E-state index is 0.319. The number of para-hydroxylation sites is 1. The lowest BCUT2D eigenvalue weighted by atomic mass is 9.97. The zero-order valence-corrected chi connectivity index (χ0v) is 15.3. The number of anilines is 2. The van der Waals surface area contributed by atoms with Gasteiger partial charge in [0.15, 0.2) is 0 Å². The molecule has 0 unspecified atom stereocenters. The largest absolute Gasteiger partial charge is 0.462 e. The van der Waals surface area contributed by atoms with E-state index in [1.807, 2.05) is 55.7 Å². The van der Waals surface area contributed by atoms with Gasteiger partial charge in [-0.25, -0.2) is 4.79 Å². The summed E-state index contributed by atoms with van der Waals surface area (Å²) in [5.41, 5.74) is 5.81. The topological polar surface area (TPSA) is 51.2 Å². The molecule has 2 aromatic carbocycles. The second kappa shape index (κ2) is 7.62. The molecule has 0 amide bonds. The molecule has 1 aromatic heterocycles. The van der Waals surface area contributed by atoms with E-state index in [9.17, 15) is 4.79 Å². The fraction of sp³-hybridized carbons (Fsp3) is 0.217. The van der Waals surface area contributed by atoms with Gasteiger partial charge in [0.05, 0.1) is 29.7 Å². The van der Waals surface area contributed by atoms with Crippen molar-refractivity contribution >= 4 is 17.3 Å². The van der Waals surface area contributed by atoms with E-state index in [4.69, 9.17) is 4.74 Å². The highest BCUT2D eigenvalue weighted by Gasteiger charge is 2.29. The fourth-order valence-electron chi connectivity index (χ4n) is 3.35. The smallest absolute Gasteiger partial charge is 0.340 e. The maximum Gasteiger partial charge on any atom is 0.340 e. The van der Waals surface area contributed by atoms with Crippen LogP contribution in [-0.4, -0.2) is 17.6 Å². The Labute approximate surface area is 159 Å². The van der Waals surface area contributed by atoms with Crippen molar-refractivity contribution in [3.05, 3.63) is 78.1 Å². The number of aromatic nitrogens is 1. The van der Waals surface area contributed by atoms with Crippen LogP contribution in [0.2, 0.25) is 0 Å². The summed E-state index contributed by atoms with van der Waals surface area (Å²) in [5, 5.41) is 3.45. The van der Waals surface area contributed by atoms with E-state index in [0.29, 0.717) is 18.1 Å². The van der Waals surface area contributed by atoms with Crippen molar-refractivity contribution in [2.45, 2.75) is 25.7 Å². The van der Waals surface area contributed by atoms with E-state index in [0.717, 1.165) is 22.5 Å². The highest BCUT2D eigenvalue weighted by molar-refractivity contribution is 5.96. The van der Waals surface area contributed by atoms with Gasteiger partial charge in [-0.15, -0.1) is 0 Å². The van der Waals surface area contributed by atoms with Gasteiger partial charge in [-0.2, -0.15) is 0 Å². The zero-order chi connectivity index (χ0) is 18.6. The third-order valence-electron chi connectivity index (χ3n) is 4.75. The molecule has 1 N–H and O–H groups in total. The van der Waals surface area contributed by atoms with Gasteiger partial charge in [0.1, 0.15) is 0 Å². The number of ether oxygens (including phenoxy) is 1. The summed E-state index contributed by atoms with van der Waals surface area (Å²) in [4.78, 5) is 16.8. The van der Waals surface area contributed by atoms with E-state index < -0.39 is 0 Å². The summed E-state index contributed by atoms with van der Waals surface area (Å²) in [6.45, 7) is 2.16. The average Bonchev–Trinajstić information content (AvgIpc) is 3.54. The molecule has 1 heterocycles. The predicted octanol–water partition coefficient (Wildman–Crippen LogP) is 5.55. The van der Waals surface area contributed by atoms with Crippen LogP contribution in [-0.2, 0) is 4.74 Å². The first-order valence-electron chi connectivity index (χ1n) is 9.34. The number of esters is 1. The Morgan fingerprint density at radius 1 is 1.04 bits per heavy atom. The highest BCUT2D eigenvalue weighted by atomic mass is 16.5. The molecule has 0 spiro atoms. The van der Waals surface area contributed by atoms with E-state index in [1.165, 1.54) is 18.4 Å². The van der Waals surface area contributed by atoms with Crippen LogP contribution in [0.3, 0.4) is 0 Å². The van der Waals surface area contributed by atoms with E-state index >= 15 is 0 Å². The standard InChI is InChI=1S/C23H22N2O2/c1-2-27-23(26)18-10-6-7-11-20(18)25-21-15-24-14-19(22(21)17-12-13-17)16-8-4-3-5-9-16/h3-11,14-15,17,25H,2,12-13H2,1H3. The average molecular weight is 358 g/mol. The van der Waals surface area contributed by atoms with E-state index in [2.05, 4.69) is 22.4 Å². The van der Waals surface area contributed by atoms with Crippen molar-refractivity contribution in [3.63, 3.8) is 0 Å². The number of carbonyl (C=O) groups excluding carboxylic acids is 1. The van der Waals surface area contributed by atoms with E-state index in [1.54, 1.807) is 6.07 Å². The minimum atomic E-state index is -0.319. The maximum atomic E-state index is 12.3. The predicted molar refractivity (Wildman–Crippen MR) is 107 cm³/mol. The number of rotatable bonds is 6. The number of nitrogens with zero attached hydrogens (tertiary/aromatic N) is 1. The molecule has 4 rings (SSSR count). The zero-order valence-electron chi connectivity index (χ0n) is 15.3. The molecule has 0 atom stereocenters. The van der Waals surface area contributed by atoms with Crippen LogP contribution < -0.4 is 5.32 Å². The van der Waals surface area contributed by atoms with Gasteiger partial charge in [0, 0.05) is 11.8 Å². The first-order chi connectivity index (χ1) is 13.3. The molecule has 27 heavy (non-hydrogen) atoms. The van der Waals surface area contributed by atoms with Gasteiger partial charge >= 0.3 is 5.97 Å². The Hall–Kier alpha value is -3.14. The van der Waals surface area contributed by atoms with Gasteiger partial charge in [0.2, 0.25) is 0 Å². The van der Waals surface area contributed by atoms with Gasteiger partial charge in [0.25, 0.3) is 0 Å². The summed E-state index contributed by atoms with van der Waals surface area (Å²) < 4.78 is 5.19. The number of hydrogen-bond donors (Lipinski definition) is 1. The molecule has 136 valence electrons. The van der Waals surface area contributed by atoms with Crippen LogP contribution in [0.25, 0.3) is 11.1 Å². The van der Waals surface area contributed by atoms with Gasteiger partial charge in [-0.05, 0) is 48.9 Å².